The third-order valence-electron chi connectivity index (χ3n) is 3.84. The molecule has 2 bridgehead atoms. The fraction of sp³-hybridized carbons (Fsp3) is 0.909. The summed E-state index contributed by atoms with van der Waals surface area (Å²) in [6.45, 7) is 2.58. The molecule has 0 saturated heterocycles. The lowest BCUT2D eigenvalue weighted by molar-refractivity contribution is -0.122. The van der Waals surface area contributed by atoms with E-state index in [-0.39, 0.29) is 11.9 Å². The molecule has 3 nitrogen and oxygen atoms in total. The molecule has 0 radical (unpaired) electrons. The predicted octanol–water partition coefficient (Wildman–Crippen LogP) is 0.886. The first kappa shape index (κ1) is 9.97. The van der Waals surface area contributed by atoms with Gasteiger partial charge in [-0.05, 0) is 43.9 Å². The number of hydrogen-bond donors (Lipinski definition) is 2. The van der Waals surface area contributed by atoms with Crippen molar-refractivity contribution in [2.24, 2.45) is 23.5 Å². The lowest BCUT2D eigenvalue weighted by Crippen LogP contribution is -2.41. The van der Waals surface area contributed by atoms with Crippen molar-refractivity contribution in [2.75, 3.05) is 6.54 Å². The predicted molar refractivity (Wildman–Crippen MR) is 55.6 cm³/mol. The average Bonchev–Trinajstić information content (AvgIpc) is 2.74. The molecular weight excluding hydrogens is 176 g/mol. The lowest BCUT2D eigenvalue weighted by Gasteiger charge is -2.22. The summed E-state index contributed by atoms with van der Waals surface area (Å²) in [5, 5.41) is 2.94. The Morgan fingerprint density at radius 1 is 1.50 bits per heavy atom. The van der Waals surface area contributed by atoms with Crippen LogP contribution >= 0.6 is 0 Å². The zero-order chi connectivity index (χ0) is 10.1. The normalized spacial score (nSPS) is 37.1. The minimum Gasteiger partial charge on any atom is -0.354 e. The molecule has 0 aliphatic heterocycles. The summed E-state index contributed by atoms with van der Waals surface area (Å²) in [4.78, 5) is 11.3. The van der Waals surface area contributed by atoms with Gasteiger partial charge in [0.2, 0.25) is 5.91 Å². The van der Waals surface area contributed by atoms with Crippen LogP contribution in [0.3, 0.4) is 0 Å². The number of nitrogens with one attached hydrogen (secondary N) is 1. The molecule has 80 valence electrons. The summed E-state index contributed by atoms with van der Waals surface area (Å²) in [7, 11) is 0. The number of carbonyl (C=O) groups excluding carboxylic acids is 1. The molecule has 1 amide bonds. The highest BCUT2D eigenvalue weighted by molar-refractivity contribution is 5.80. The van der Waals surface area contributed by atoms with Crippen LogP contribution in [-0.4, -0.2) is 18.5 Å². The molecule has 0 spiro atoms. The second kappa shape index (κ2) is 3.89. The van der Waals surface area contributed by atoms with Crippen molar-refractivity contribution in [2.45, 2.75) is 38.6 Å². The Morgan fingerprint density at radius 2 is 2.29 bits per heavy atom. The summed E-state index contributed by atoms with van der Waals surface area (Å²) in [5.41, 5.74) is 5.48. The molecule has 2 fully saturated rings. The number of hydrogen-bond acceptors (Lipinski definition) is 2. The SMILES string of the molecule is C[C@H](N)C(=O)NCC1CC2CCC1C2. The van der Waals surface area contributed by atoms with Gasteiger partial charge in [0.05, 0.1) is 6.04 Å². The molecule has 3 N–H and O–H groups in total. The van der Waals surface area contributed by atoms with Crippen molar-refractivity contribution >= 4 is 5.91 Å². The highest BCUT2D eigenvalue weighted by Crippen LogP contribution is 2.47. The third-order valence-corrected chi connectivity index (χ3v) is 3.84. The summed E-state index contributed by atoms with van der Waals surface area (Å²) in [6.07, 6.45) is 5.52. The summed E-state index contributed by atoms with van der Waals surface area (Å²) in [6, 6.07) is -0.367. The Morgan fingerprint density at radius 3 is 2.79 bits per heavy atom. The molecule has 4 atom stereocenters. The molecule has 3 unspecified atom stereocenters. The highest BCUT2D eigenvalue weighted by Gasteiger charge is 2.39. The molecule has 2 aliphatic carbocycles. The highest BCUT2D eigenvalue weighted by atomic mass is 16.2. The number of carbonyl (C=O) groups is 1. The van der Waals surface area contributed by atoms with Gasteiger partial charge in [-0.2, -0.15) is 0 Å². The molecule has 2 aliphatic rings. The molecule has 0 aromatic carbocycles. The quantitative estimate of drug-likeness (QED) is 0.704. The van der Waals surface area contributed by atoms with E-state index in [0.717, 1.165) is 24.3 Å². The zero-order valence-electron chi connectivity index (χ0n) is 8.83. The van der Waals surface area contributed by atoms with E-state index in [9.17, 15) is 4.79 Å². The molecular formula is C11H20N2O. The second-order valence-electron chi connectivity index (χ2n) is 4.97. The molecule has 0 aromatic rings. The van der Waals surface area contributed by atoms with Gasteiger partial charge in [-0.1, -0.05) is 6.42 Å². The van der Waals surface area contributed by atoms with Crippen LogP contribution in [0.5, 0.6) is 0 Å². The average molecular weight is 196 g/mol. The van der Waals surface area contributed by atoms with Crippen LogP contribution in [0.4, 0.5) is 0 Å². The second-order valence-corrected chi connectivity index (χ2v) is 4.97. The summed E-state index contributed by atoms with van der Waals surface area (Å²) >= 11 is 0. The first-order chi connectivity index (χ1) is 6.66. The van der Waals surface area contributed by atoms with Crippen molar-refractivity contribution in [1.29, 1.82) is 0 Å². The van der Waals surface area contributed by atoms with Crippen LogP contribution in [0.25, 0.3) is 0 Å². The smallest absolute Gasteiger partial charge is 0.236 e. The Balaban J connectivity index is 1.74. The van der Waals surface area contributed by atoms with Crippen molar-refractivity contribution < 1.29 is 4.79 Å². The summed E-state index contributed by atoms with van der Waals surface area (Å²) < 4.78 is 0. The van der Waals surface area contributed by atoms with Crippen molar-refractivity contribution in [1.82, 2.24) is 5.32 Å². The molecule has 0 aromatic heterocycles. The van der Waals surface area contributed by atoms with Crippen molar-refractivity contribution in [3.8, 4) is 0 Å². The monoisotopic (exact) mass is 196 g/mol. The topological polar surface area (TPSA) is 55.1 Å². The molecule has 0 heterocycles. The van der Waals surface area contributed by atoms with E-state index in [1.165, 1.54) is 25.7 Å². The molecule has 14 heavy (non-hydrogen) atoms. The van der Waals surface area contributed by atoms with Crippen LogP contribution in [0.2, 0.25) is 0 Å². The van der Waals surface area contributed by atoms with Gasteiger partial charge >= 0.3 is 0 Å². The molecule has 2 rings (SSSR count). The number of fused-ring (bicyclic) bond motifs is 2. The maximum absolute atomic E-state index is 11.3. The summed E-state index contributed by atoms with van der Waals surface area (Å²) in [5.74, 6) is 2.56. The van der Waals surface area contributed by atoms with Gasteiger partial charge in [0.25, 0.3) is 0 Å². The third kappa shape index (κ3) is 1.92. The van der Waals surface area contributed by atoms with Gasteiger partial charge in [0.15, 0.2) is 0 Å². The van der Waals surface area contributed by atoms with Gasteiger partial charge in [-0.15, -0.1) is 0 Å². The van der Waals surface area contributed by atoms with E-state index in [1.54, 1.807) is 6.92 Å². The van der Waals surface area contributed by atoms with Crippen LogP contribution in [-0.2, 0) is 4.79 Å². The standard InChI is InChI=1S/C11H20N2O/c1-7(12)11(14)13-6-10-5-8-2-3-9(10)4-8/h7-10H,2-6,12H2,1H3,(H,13,14)/t7-,8?,9?,10?/m0/s1. The van der Waals surface area contributed by atoms with Gasteiger partial charge in [0.1, 0.15) is 0 Å². The van der Waals surface area contributed by atoms with E-state index < -0.39 is 0 Å². The van der Waals surface area contributed by atoms with Crippen LogP contribution in [0, 0.1) is 17.8 Å². The van der Waals surface area contributed by atoms with Crippen LogP contribution < -0.4 is 11.1 Å². The van der Waals surface area contributed by atoms with Crippen LogP contribution in [0.15, 0.2) is 0 Å². The zero-order valence-corrected chi connectivity index (χ0v) is 8.83. The van der Waals surface area contributed by atoms with Gasteiger partial charge in [-0.3, -0.25) is 4.79 Å². The maximum atomic E-state index is 11.3. The first-order valence-corrected chi connectivity index (χ1v) is 5.70. The maximum Gasteiger partial charge on any atom is 0.236 e. The minimum absolute atomic E-state index is 0.00669. The van der Waals surface area contributed by atoms with E-state index in [0.29, 0.717) is 0 Å². The van der Waals surface area contributed by atoms with E-state index in [1.807, 2.05) is 0 Å². The Kier molecular flexibility index (Phi) is 2.77. The fourth-order valence-corrected chi connectivity index (χ4v) is 3.02. The fourth-order valence-electron chi connectivity index (χ4n) is 3.02. The van der Waals surface area contributed by atoms with E-state index in [4.69, 9.17) is 5.73 Å². The van der Waals surface area contributed by atoms with Crippen LogP contribution in [0.1, 0.15) is 32.6 Å². The number of rotatable bonds is 3. The number of amides is 1. The molecule has 2 saturated carbocycles. The first-order valence-electron chi connectivity index (χ1n) is 5.70. The molecule has 3 heteroatoms. The number of nitrogens with two attached hydrogens (primary N) is 1. The minimum atomic E-state index is -0.367. The van der Waals surface area contributed by atoms with Crippen molar-refractivity contribution in [3.05, 3.63) is 0 Å². The van der Waals surface area contributed by atoms with Gasteiger partial charge in [0, 0.05) is 6.54 Å². The lowest BCUT2D eigenvalue weighted by atomic mass is 9.89. The van der Waals surface area contributed by atoms with Gasteiger partial charge in [-0.25, -0.2) is 0 Å². The van der Waals surface area contributed by atoms with Gasteiger partial charge < -0.3 is 11.1 Å². The largest absolute Gasteiger partial charge is 0.354 e. The van der Waals surface area contributed by atoms with E-state index >= 15 is 0 Å². The Bertz CT molecular complexity index is 227. The Hall–Kier alpha value is -0.570. The van der Waals surface area contributed by atoms with Crippen molar-refractivity contribution in [3.63, 3.8) is 0 Å². The Labute approximate surface area is 85.4 Å². The van der Waals surface area contributed by atoms with E-state index in [2.05, 4.69) is 5.32 Å².